The topological polar surface area (TPSA) is 25.8 Å². The van der Waals surface area contributed by atoms with Crippen molar-refractivity contribution in [1.82, 2.24) is 9.97 Å². The Morgan fingerprint density at radius 2 is 0.473 bits per heavy atom. The molecule has 0 radical (unpaired) electrons. The fourth-order valence-electron chi connectivity index (χ4n) is 21.8. The molecule has 18 aromatic rings. The van der Waals surface area contributed by atoms with Gasteiger partial charge in [0.25, 0.3) is 0 Å². The van der Waals surface area contributed by atoms with Crippen LogP contribution in [-0.2, 0) is 21.7 Å². The molecule has 2 unspecified atom stereocenters. The van der Waals surface area contributed by atoms with Gasteiger partial charge in [0.05, 0.1) is 27.2 Å². The average Bonchev–Trinajstić information content (AvgIpc) is 1.46. The standard InChI is InChI=1S/C108H66N2/c1-7-32-87-80(24-1)81-25-2-8-33-88(81)106(87)95-39-14-13-38-94(95)105(98-59-55-74(64-101(98)106)69-45-43-67(44-46-69)68-51-53-72(54-52-68)79-31-17-21-73-22-20-62-110-104(73)79)91-36-11-5-28-84(91)86-63-76(57-58-93(86)105)78-30-18-42-100-103(78)85-29-6-12-37-92(85)108(100)97-41-16-15-40-96(97)107(89-34-9-3-26-82(89)83-27-4-10-35-90(83)107)102-65-75(56-60-99(102)108)70-47-49-71(50-48-70)77-23-19-61-109-66-77/h1-66H. The summed E-state index contributed by atoms with van der Waals surface area (Å²) in [5, 5.41) is 1.14. The van der Waals surface area contributed by atoms with Gasteiger partial charge in [0.15, 0.2) is 0 Å². The Balaban J connectivity index is 0.696. The molecule has 0 saturated carbocycles. The summed E-state index contributed by atoms with van der Waals surface area (Å²) < 4.78 is 0. The van der Waals surface area contributed by atoms with Crippen LogP contribution in [0.25, 0.3) is 122 Å². The highest BCUT2D eigenvalue weighted by atomic mass is 14.7. The number of nitrogens with zero attached hydrogens (tertiary/aromatic N) is 2. The van der Waals surface area contributed by atoms with Crippen molar-refractivity contribution >= 4 is 10.9 Å². The number of rotatable bonds is 6. The molecule has 2 aromatic heterocycles. The van der Waals surface area contributed by atoms with Gasteiger partial charge in [-0.2, -0.15) is 0 Å². The van der Waals surface area contributed by atoms with Crippen molar-refractivity contribution in [3.05, 3.63) is 490 Å². The van der Waals surface area contributed by atoms with Crippen LogP contribution in [0.2, 0.25) is 0 Å². The van der Waals surface area contributed by atoms with E-state index < -0.39 is 21.7 Å². The van der Waals surface area contributed by atoms with E-state index in [1.807, 2.05) is 30.7 Å². The zero-order valence-electron chi connectivity index (χ0n) is 60.0. The van der Waals surface area contributed by atoms with Crippen molar-refractivity contribution < 1.29 is 0 Å². The lowest BCUT2D eigenvalue weighted by Crippen LogP contribution is -2.43. The van der Waals surface area contributed by atoms with Crippen molar-refractivity contribution in [2.75, 3.05) is 0 Å². The minimum Gasteiger partial charge on any atom is -0.264 e. The normalized spacial score (nSPS) is 16.4. The molecule has 16 aromatic carbocycles. The van der Waals surface area contributed by atoms with E-state index in [4.69, 9.17) is 4.98 Å². The first-order chi connectivity index (χ1) is 54.5. The number of benzene rings is 16. The van der Waals surface area contributed by atoms with Gasteiger partial charge in [-0.15, -0.1) is 0 Å². The molecule has 4 spiro atoms. The van der Waals surface area contributed by atoms with Gasteiger partial charge in [0.2, 0.25) is 0 Å². The van der Waals surface area contributed by atoms with Crippen LogP contribution in [0.4, 0.5) is 0 Å². The van der Waals surface area contributed by atoms with Crippen molar-refractivity contribution in [2.24, 2.45) is 0 Å². The lowest BCUT2D eigenvalue weighted by Gasteiger charge is -2.49. The summed E-state index contributed by atoms with van der Waals surface area (Å²) in [6.07, 6.45) is 5.68. The predicted molar refractivity (Wildman–Crippen MR) is 448 cm³/mol. The van der Waals surface area contributed by atoms with Gasteiger partial charge in [-0.05, 0) is 225 Å². The monoisotopic (exact) mass is 1390 g/mol. The lowest BCUT2D eigenvalue weighted by atomic mass is 9.52. The second-order valence-corrected chi connectivity index (χ2v) is 30.7. The first-order valence-corrected chi connectivity index (χ1v) is 38.5. The van der Waals surface area contributed by atoms with Gasteiger partial charge < -0.3 is 0 Å². The SMILES string of the molecule is c1cncc(-c2ccc(-c3ccc4c(c3)C3(c5ccccc5-c5ccccc53)c3ccccc3C43c4ccccc4-c4c(-c5ccc6c(c5)-c5ccccc5C65c6ccccc6C6(c7ccccc7-c7ccccc76)c6cc(-c7ccc(-c8ccc(-c9cccc%10cccnc9%10)cc8)cc7)ccc65)cccc43)cc2)c1. The lowest BCUT2D eigenvalue weighted by molar-refractivity contribution is 0.633. The Labute approximate surface area is 639 Å². The molecule has 2 heterocycles. The zero-order chi connectivity index (χ0) is 72.0. The fraction of sp³-hybridized carbons (Fsp3) is 0.0370. The Morgan fingerprint density at radius 3 is 0.955 bits per heavy atom. The molecule has 2 nitrogen and oxygen atoms in total. The first-order valence-electron chi connectivity index (χ1n) is 38.5. The quantitative estimate of drug-likeness (QED) is 0.166. The summed E-state index contributed by atoms with van der Waals surface area (Å²) >= 11 is 0. The maximum atomic E-state index is 4.78. The minimum atomic E-state index is -0.699. The molecule has 24 rings (SSSR count). The summed E-state index contributed by atoms with van der Waals surface area (Å²) in [6.45, 7) is 0. The molecule has 6 aliphatic carbocycles. The predicted octanol–water partition coefficient (Wildman–Crippen LogP) is 25.7. The largest absolute Gasteiger partial charge is 0.264 e. The summed E-state index contributed by atoms with van der Waals surface area (Å²) in [7, 11) is 0. The number of hydrogen-bond acceptors (Lipinski definition) is 2. The van der Waals surface area contributed by atoms with Crippen molar-refractivity contribution in [2.45, 2.75) is 21.7 Å². The van der Waals surface area contributed by atoms with Gasteiger partial charge in [0, 0.05) is 29.5 Å². The van der Waals surface area contributed by atoms with Gasteiger partial charge in [-0.25, -0.2) is 0 Å². The van der Waals surface area contributed by atoms with Gasteiger partial charge in [0.1, 0.15) is 0 Å². The summed E-state index contributed by atoms with van der Waals surface area (Å²) in [4.78, 5) is 9.25. The van der Waals surface area contributed by atoms with Crippen LogP contribution in [0, 0.1) is 0 Å². The van der Waals surface area contributed by atoms with E-state index in [1.165, 1.54) is 178 Å². The molecule has 508 valence electrons. The molecule has 0 N–H and O–H groups in total. The molecule has 0 saturated heterocycles. The maximum Gasteiger partial charge on any atom is 0.0780 e. The van der Waals surface area contributed by atoms with E-state index in [0.29, 0.717) is 0 Å². The Morgan fingerprint density at radius 1 is 0.164 bits per heavy atom. The second kappa shape index (κ2) is 22.8. The summed E-state index contributed by atoms with van der Waals surface area (Å²) in [5.41, 5.74) is 43.6. The van der Waals surface area contributed by atoms with Crippen LogP contribution in [0.5, 0.6) is 0 Å². The molecule has 0 amide bonds. The molecule has 2 heteroatoms. The van der Waals surface area contributed by atoms with Crippen LogP contribution < -0.4 is 0 Å². The van der Waals surface area contributed by atoms with Crippen LogP contribution >= 0.6 is 0 Å². The number of aromatic nitrogens is 2. The molecule has 0 bridgehead atoms. The minimum absolute atomic E-state index is 0.630. The number of pyridine rings is 2. The van der Waals surface area contributed by atoms with Gasteiger partial charge >= 0.3 is 0 Å². The molecular formula is C108H66N2. The zero-order valence-corrected chi connectivity index (χ0v) is 60.0. The Bertz CT molecular complexity index is 6860. The number of fused-ring (bicyclic) bond motifs is 33. The highest BCUT2D eigenvalue weighted by molar-refractivity contribution is 6.02. The van der Waals surface area contributed by atoms with Gasteiger partial charge in [-0.1, -0.05) is 352 Å². The smallest absolute Gasteiger partial charge is 0.0780 e. The Kier molecular flexibility index (Phi) is 12.7. The third-order valence-corrected chi connectivity index (χ3v) is 26.0. The van der Waals surface area contributed by atoms with Crippen molar-refractivity contribution in [3.8, 4) is 111 Å². The van der Waals surface area contributed by atoms with Crippen LogP contribution in [0.15, 0.2) is 401 Å². The summed E-state index contributed by atoms with van der Waals surface area (Å²) in [6, 6.07) is 147. The van der Waals surface area contributed by atoms with E-state index in [9.17, 15) is 0 Å². The average molecular weight is 1390 g/mol. The molecular weight excluding hydrogens is 1330 g/mol. The molecule has 6 aliphatic rings. The van der Waals surface area contributed by atoms with E-state index in [1.54, 1.807) is 0 Å². The third-order valence-electron chi connectivity index (χ3n) is 26.0. The van der Waals surface area contributed by atoms with Crippen LogP contribution in [0.3, 0.4) is 0 Å². The number of para-hydroxylation sites is 1. The second-order valence-electron chi connectivity index (χ2n) is 30.7. The molecule has 110 heavy (non-hydrogen) atoms. The van der Waals surface area contributed by atoms with Crippen molar-refractivity contribution in [3.63, 3.8) is 0 Å². The molecule has 2 atom stereocenters. The molecule has 0 fully saturated rings. The van der Waals surface area contributed by atoms with Crippen LogP contribution in [0.1, 0.15) is 89.0 Å². The summed E-state index contributed by atoms with van der Waals surface area (Å²) in [5.74, 6) is 0. The highest BCUT2D eigenvalue weighted by Gasteiger charge is 2.61. The maximum absolute atomic E-state index is 4.78. The van der Waals surface area contributed by atoms with E-state index in [-0.39, 0.29) is 0 Å². The first kappa shape index (κ1) is 61.3. The highest BCUT2D eigenvalue weighted by Crippen LogP contribution is 2.71. The van der Waals surface area contributed by atoms with Gasteiger partial charge in [-0.3, -0.25) is 9.97 Å². The van der Waals surface area contributed by atoms with E-state index in [2.05, 4.69) is 375 Å². The van der Waals surface area contributed by atoms with Crippen LogP contribution in [-0.4, -0.2) is 9.97 Å². The third kappa shape index (κ3) is 7.86. The number of hydrogen-bond donors (Lipinski definition) is 0. The fourth-order valence-corrected chi connectivity index (χ4v) is 21.8. The van der Waals surface area contributed by atoms with E-state index in [0.717, 1.165) is 33.2 Å². The van der Waals surface area contributed by atoms with E-state index >= 15 is 0 Å². The molecule has 0 aliphatic heterocycles. The van der Waals surface area contributed by atoms with Crippen molar-refractivity contribution in [1.29, 1.82) is 0 Å². The Hall–Kier alpha value is -13.9.